The number of aromatic amines is 1. The zero-order valence-corrected chi connectivity index (χ0v) is 17.8. The Balaban J connectivity index is 1.42. The maximum atomic E-state index is 13.3. The van der Waals surface area contributed by atoms with Crippen LogP contribution in [0.2, 0.25) is 0 Å². The van der Waals surface area contributed by atoms with E-state index in [1.807, 2.05) is 26.0 Å². The fraction of sp³-hybridized carbons (Fsp3) is 0.542. The highest BCUT2D eigenvalue weighted by Gasteiger charge is 2.39. The van der Waals surface area contributed by atoms with Crippen molar-refractivity contribution in [2.75, 3.05) is 0 Å². The van der Waals surface area contributed by atoms with Crippen molar-refractivity contribution in [1.29, 1.82) is 0 Å². The first-order valence-electron chi connectivity index (χ1n) is 10.9. The second-order valence-corrected chi connectivity index (χ2v) is 10.1. The second-order valence-electron chi connectivity index (χ2n) is 10.1. The highest BCUT2D eigenvalue weighted by atomic mass is 16.3. The molecule has 6 nitrogen and oxygen atoms in total. The Kier molecular flexibility index (Phi) is 4.31. The van der Waals surface area contributed by atoms with Crippen molar-refractivity contribution in [2.45, 2.75) is 71.4 Å². The van der Waals surface area contributed by atoms with Crippen LogP contribution in [-0.2, 0) is 13.0 Å². The van der Waals surface area contributed by atoms with Gasteiger partial charge in [0.1, 0.15) is 17.1 Å². The van der Waals surface area contributed by atoms with Crippen molar-refractivity contribution in [2.24, 2.45) is 11.3 Å². The lowest BCUT2D eigenvalue weighted by atomic mass is 9.75. The minimum atomic E-state index is -0.415. The van der Waals surface area contributed by atoms with E-state index in [0.717, 1.165) is 30.8 Å². The van der Waals surface area contributed by atoms with Crippen LogP contribution in [0.5, 0.6) is 0 Å². The zero-order chi connectivity index (χ0) is 21.2. The Morgan fingerprint density at radius 3 is 2.63 bits per heavy atom. The number of nitrogens with one attached hydrogen (secondary N) is 1. The molecule has 1 amide bonds. The molecule has 5 rings (SSSR count). The summed E-state index contributed by atoms with van der Waals surface area (Å²) in [7, 11) is 0. The number of carbonyl (C=O) groups is 2. The minimum absolute atomic E-state index is 0.0150. The van der Waals surface area contributed by atoms with Crippen LogP contribution in [0.15, 0.2) is 27.4 Å². The molecular formula is C24H28N2O4. The number of aromatic nitrogens is 1. The first-order valence-corrected chi connectivity index (χ1v) is 10.9. The normalized spacial score (nSPS) is 24.4. The SMILES string of the molecule is CC1CC1c1ccc(CN(C(=O)c2cc3c([nH]c2=O)CC(C)(C)CC3=O)C2CC2)o1. The van der Waals surface area contributed by atoms with Gasteiger partial charge in [0.15, 0.2) is 5.78 Å². The van der Waals surface area contributed by atoms with E-state index in [1.165, 1.54) is 6.07 Å². The Morgan fingerprint density at radius 1 is 1.23 bits per heavy atom. The molecule has 0 radical (unpaired) electrons. The Bertz CT molecular complexity index is 1090. The molecular weight excluding hydrogens is 380 g/mol. The van der Waals surface area contributed by atoms with Gasteiger partial charge >= 0.3 is 0 Å². The first kappa shape index (κ1) is 19.3. The summed E-state index contributed by atoms with van der Waals surface area (Å²) >= 11 is 0. The number of ketones is 1. The van der Waals surface area contributed by atoms with Crippen LogP contribution in [0.4, 0.5) is 0 Å². The third kappa shape index (κ3) is 3.53. The lowest BCUT2D eigenvalue weighted by Gasteiger charge is -2.30. The number of pyridine rings is 1. The number of hydrogen-bond donors (Lipinski definition) is 1. The van der Waals surface area contributed by atoms with E-state index in [2.05, 4.69) is 11.9 Å². The predicted octanol–water partition coefficient (Wildman–Crippen LogP) is 4.05. The van der Waals surface area contributed by atoms with E-state index in [9.17, 15) is 14.4 Å². The Labute approximate surface area is 175 Å². The molecule has 0 spiro atoms. The molecule has 2 saturated carbocycles. The van der Waals surface area contributed by atoms with Gasteiger partial charge in [-0.1, -0.05) is 20.8 Å². The summed E-state index contributed by atoms with van der Waals surface area (Å²) in [6, 6.07) is 5.58. The Hall–Kier alpha value is -2.63. The van der Waals surface area contributed by atoms with E-state index < -0.39 is 5.56 Å². The van der Waals surface area contributed by atoms with Crippen LogP contribution in [0.25, 0.3) is 0 Å². The molecule has 1 N–H and O–H groups in total. The van der Waals surface area contributed by atoms with Crippen LogP contribution in [0, 0.1) is 11.3 Å². The summed E-state index contributed by atoms with van der Waals surface area (Å²) in [5.74, 6) is 2.54. The third-order valence-corrected chi connectivity index (χ3v) is 6.68. The molecule has 3 aliphatic carbocycles. The molecule has 0 aliphatic heterocycles. The van der Waals surface area contributed by atoms with Crippen molar-refractivity contribution >= 4 is 11.7 Å². The van der Waals surface area contributed by atoms with Crippen LogP contribution >= 0.6 is 0 Å². The van der Waals surface area contributed by atoms with Gasteiger partial charge < -0.3 is 14.3 Å². The molecule has 2 aromatic rings. The molecule has 2 heterocycles. The number of Topliss-reactive ketones (excluding diaryl/α,β-unsaturated/α-hetero) is 1. The predicted molar refractivity (Wildman–Crippen MR) is 112 cm³/mol. The van der Waals surface area contributed by atoms with Gasteiger partial charge in [0.05, 0.1) is 6.54 Å². The van der Waals surface area contributed by atoms with Crippen molar-refractivity contribution < 1.29 is 14.0 Å². The highest BCUT2D eigenvalue weighted by Crippen LogP contribution is 2.47. The standard InChI is InChI=1S/C24H28N2O4/c1-13-8-16(13)21-7-6-15(30-21)12-26(14-4-5-14)23(29)18-9-17-19(25-22(18)28)10-24(2,3)11-20(17)27/h6-7,9,13-14,16H,4-5,8,10-12H2,1-3H3,(H,25,28). The molecule has 2 aromatic heterocycles. The average Bonchev–Trinajstić information content (AvgIpc) is 3.58. The second kappa shape index (κ2) is 6.69. The smallest absolute Gasteiger partial charge is 0.261 e. The molecule has 6 heteroatoms. The summed E-state index contributed by atoms with van der Waals surface area (Å²) in [6.07, 6.45) is 4.04. The molecule has 0 bridgehead atoms. The highest BCUT2D eigenvalue weighted by molar-refractivity contribution is 6.02. The maximum Gasteiger partial charge on any atom is 0.261 e. The van der Waals surface area contributed by atoms with E-state index >= 15 is 0 Å². The summed E-state index contributed by atoms with van der Waals surface area (Å²) < 4.78 is 6.00. The summed E-state index contributed by atoms with van der Waals surface area (Å²) in [5.41, 5.74) is 0.577. The number of fused-ring (bicyclic) bond motifs is 1. The van der Waals surface area contributed by atoms with Gasteiger partial charge in [-0.25, -0.2) is 0 Å². The number of nitrogens with zero attached hydrogens (tertiary/aromatic N) is 1. The van der Waals surface area contributed by atoms with Gasteiger partial charge in [0.25, 0.3) is 11.5 Å². The molecule has 2 unspecified atom stereocenters. The fourth-order valence-electron chi connectivity index (χ4n) is 4.66. The quantitative estimate of drug-likeness (QED) is 0.809. The van der Waals surface area contributed by atoms with Crippen molar-refractivity contribution in [3.63, 3.8) is 0 Å². The maximum absolute atomic E-state index is 13.3. The van der Waals surface area contributed by atoms with Gasteiger partial charge in [-0.3, -0.25) is 14.4 Å². The van der Waals surface area contributed by atoms with Crippen molar-refractivity contribution in [3.05, 3.63) is 56.9 Å². The molecule has 3 aliphatic rings. The van der Waals surface area contributed by atoms with Gasteiger partial charge in [-0.05, 0) is 55.2 Å². The minimum Gasteiger partial charge on any atom is -0.464 e. The number of rotatable bonds is 5. The van der Waals surface area contributed by atoms with Gasteiger partial charge in [-0.15, -0.1) is 0 Å². The first-order chi connectivity index (χ1) is 14.2. The molecule has 0 saturated heterocycles. The summed E-state index contributed by atoms with van der Waals surface area (Å²) in [4.78, 5) is 43.3. The summed E-state index contributed by atoms with van der Waals surface area (Å²) in [6.45, 7) is 6.58. The summed E-state index contributed by atoms with van der Waals surface area (Å²) in [5, 5.41) is 0. The largest absolute Gasteiger partial charge is 0.464 e. The van der Waals surface area contributed by atoms with E-state index in [4.69, 9.17) is 4.42 Å². The average molecular weight is 408 g/mol. The fourth-order valence-corrected chi connectivity index (χ4v) is 4.66. The van der Waals surface area contributed by atoms with Gasteiger partial charge in [-0.2, -0.15) is 0 Å². The van der Waals surface area contributed by atoms with Gasteiger partial charge in [0.2, 0.25) is 0 Å². The van der Waals surface area contributed by atoms with E-state index in [1.54, 1.807) is 4.90 Å². The lowest BCUT2D eigenvalue weighted by molar-refractivity contribution is 0.0714. The van der Waals surface area contributed by atoms with Crippen LogP contribution in [-0.4, -0.2) is 27.6 Å². The monoisotopic (exact) mass is 408 g/mol. The third-order valence-electron chi connectivity index (χ3n) is 6.68. The number of H-pyrrole nitrogens is 1. The number of amides is 1. The number of hydrogen-bond acceptors (Lipinski definition) is 4. The topological polar surface area (TPSA) is 83.4 Å². The van der Waals surface area contributed by atoms with Crippen molar-refractivity contribution in [3.8, 4) is 0 Å². The molecule has 0 aromatic carbocycles. The van der Waals surface area contributed by atoms with Crippen LogP contribution in [0.3, 0.4) is 0 Å². The van der Waals surface area contributed by atoms with E-state index in [-0.39, 0.29) is 28.7 Å². The number of furan rings is 1. The van der Waals surface area contributed by atoms with Crippen LogP contribution in [0.1, 0.15) is 90.3 Å². The molecule has 30 heavy (non-hydrogen) atoms. The molecule has 2 atom stereocenters. The van der Waals surface area contributed by atoms with Gasteiger partial charge in [0, 0.05) is 29.6 Å². The lowest BCUT2D eigenvalue weighted by Crippen LogP contribution is -2.38. The molecule has 158 valence electrons. The van der Waals surface area contributed by atoms with Crippen LogP contribution < -0.4 is 5.56 Å². The Morgan fingerprint density at radius 2 is 1.97 bits per heavy atom. The van der Waals surface area contributed by atoms with Crippen molar-refractivity contribution in [1.82, 2.24) is 9.88 Å². The number of carbonyl (C=O) groups excluding carboxylic acids is 2. The van der Waals surface area contributed by atoms with E-state index in [0.29, 0.717) is 42.5 Å². The molecule has 2 fully saturated rings. The zero-order valence-electron chi connectivity index (χ0n) is 17.8.